The lowest BCUT2D eigenvalue weighted by Gasteiger charge is -2.14. The van der Waals surface area contributed by atoms with E-state index in [0.717, 1.165) is 16.8 Å². The molecule has 1 heterocycles. The molecule has 140 valence electrons. The van der Waals surface area contributed by atoms with Crippen LogP contribution in [0.15, 0.2) is 47.6 Å². The molecule has 7 nitrogen and oxygen atoms in total. The molecular weight excluding hydrogens is 362 g/mol. The van der Waals surface area contributed by atoms with Gasteiger partial charge in [-0.3, -0.25) is 4.79 Å². The van der Waals surface area contributed by atoms with E-state index in [1.54, 1.807) is 17.9 Å². The molecule has 0 aliphatic carbocycles. The summed E-state index contributed by atoms with van der Waals surface area (Å²) >= 11 is 1.31. The van der Waals surface area contributed by atoms with E-state index in [2.05, 4.69) is 20.8 Å². The number of benzene rings is 2. The molecule has 1 atom stereocenters. The zero-order valence-corrected chi connectivity index (χ0v) is 16.4. The fourth-order valence-electron chi connectivity index (χ4n) is 2.69. The number of ether oxygens (including phenoxy) is 1. The van der Waals surface area contributed by atoms with Crippen LogP contribution in [0.25, 0.3) is 5.69 Å². The summed E-state index contributed by atoms with van der Waals surface area (Å²) in [5.74, 6) is 0.552. The van der Waals surface area contributed by atoms with Crippen LogP contribution in [0.5, 0.6) is 5.75 Å². The Labute approximate surface area is 162 Å². The van der Waals surface area contributed by atoms with E-state index in [1.807, 2.05) is 57.2 Å². The van der Waals surface area contributed by atoms with Gasteiger partial charge in [0.25, 0.3) is 0 Å². The number of carbonyl (C=O) groups excluding carboxylic acids is 1. The molecule has 0 radical (unpaired) electrons. The van der Waals surface area contributed by atoms with Crippen molar-refractivity contribution in [2.24, 2.45) is 0 Å². The summed E-state index contributed by atoms with van der Waals surface area (Å²) in [5.41, 5.74) is 3.75. The maximum atomic E-state index is 12.6. The molecule has 0 bridgehead atoms. The van der Waals surface area contributed by atoms with Gasteiger partial charge in [0.05, 0.1) is 18.0 Å². The normalized spacial score (nSPS) is 11.9. The van der Waals surface area contributed by atoms with E-state index in [9.17, 15) is 4.79 Å². The summed E-state index contributed by atoms with van der Waals surface area (Å²) in [6, 6.07) is 13.3. The maximum absolute atomic E-state index is 12.6. The Morgan fingerprint density at radius 2 is 1.89 bits per heavy atom. The van der Waals surface area contributed by atoms with Crippen molar-refractivity contribution in [2.75, 3.05) is 12.4 Å². The first-order valence-electron chi connectivity index (χ1n) is 8.46. The number of para-hydroxylation sites is 1. The summed E-state index contributed by atoms with van der Waals surface area (Å²) < 4.78 is 6.87. The van der Waals surface area contributed by atoms with Crippen molar-refractivity contribution in [1.29, 1.82) is 0 Å². The number of nitrogens with one attached hydrogen (secondary N) is 1. The zero-order chi connectivity index (χ0) is 19.4. The van der Waals surface area contributed by atoms with Gasteiger partial charge < -0.3 is 10.1 Å². The fraction of sp³-hybridized carbons (Fsp3) is 0.263. The number of rotatable bonds is 6. The summed E-state index contributed by atoms with van der Waals surface area (Å²) in [6.45, 7) is 5.85. The largest absolute Gasteiger partial charge is 0.497 e. The van der Waals surface area contributed by atoms with Crippen molar-refractivity contribution in [3.8, 4) is 11.4 Å². The average molecular weight is 383 g/mol. The second kappa shape index (κ2) is 8.22. The van der Waals surface area contributed by atoms with Crippen molar-refractivity contribution >= 4 is 23.4 Å². The van der Waals surface area contributed by atoms with Crippen molar-refractivity contribution in [1.82, 2.24) is 20.2 Å². The van der Waals surface area contributed by atoms with E-state index in [1.165, 1.54) is 11.8 Å². The molecule has 3 aromatic rings. The van der Waals surface area contributed by atoms with E-state index in [0.29, 0.717) is 16.6 Å². The molecule has 0 saturated heterocycles. The van der Waals surface area contributed by atoms with Crippen LogP contribution in [0.2, 0.25) is 0 Å². The first-order valence-corrected chi connectivity index (χ1v) is 9.34. The van der Waals surface area contributed by atoms with E-state index >= 15 is 0 Å². The van der Waals surface area contributed by atoms with Crippen LogP contribution in [0.3, 0.4) is 0 Å². The number of nitrogens with zero attached hydrogens (tertiary/aromatic N) is 4. The molecule has 1 aromatic heterocycles. The van der Waals surface area contributed by atoms with Gasteiger partial charge >= 0.3 is 0 Å². The Morgan fingerprint density at radius 3 is 2.59 bits per heavy atom. The van der Waals surface area contributed by atoms with Crippen molar-refractivity contribution in [3.63, 3.8) is 0 Å². The van der Waals surface area contributed by atoms with Gasteiger partial charge in [-0.1, -0.05) is 36.0 Å². The summed E-state index contributed by atoms with van der Waals surface area (Å²) in [6.07, 6.45) is 0. The van der Waals surface area contributed by atoms with Gasteiger partial charge in [0.2, 0.25) is 11.1 Å². The number of hydrogen-bond acceptors (Lipinski definition) is 6. The minimum Gasteiger partial charge on any atom is -0.497 e. The highest BCUT2D eigenvalue weighted by Crippen LogP contribution is 2.27. The Morgan fingerprint density at radius 1 is 1.19 bits per heavy atom. The maximum Gasteiger partial charge on any atom is 0.237 e. The Bertz CT molecular complexity index is 937. The van der Waals surface area contributed by atoms with Crippen LogP contribution in [-0.2, 0) is 4.79 Å². The number of aryl methyl sites for hydroxylation is 2. The second-order valence-electron chi connectivity index (χ2n) is 6.09. The molecule has 1 N–H and O–H groups in total. The Hall–Kier alpha value is -2.87. The third-order valence-corrected chi connectivity index (χ3v) is 5.11. The van der Waals surface area contributed by atoms with Gasteiger partial charge in [-0.25, -0.2) is 0 Å². The number of thioether (sulfide) groups is 1. The molecule has 8 heteroatoms. The van der Waals surface area contributed by atoms with Crippen LogP contribution in [0, 0.1) is 13.8 Å². The topological polar surface area (TPSA) is 81.9 Å². The molecule has 27 heavy (non-hydrogen) atoms. The Balaban J connectivity index is 1.76. The molecule has 0 aliphatic rings. The van der Waals surface area contributed by atoms with E-state index in [4.69, 9.17) is 4.74 Å². The molecule has 1 amide bonds. The molecule has 0 aliphatic heterocycles. The highest BCUT2D eigenvalue weighted by molar-refractivity contribution is 8.00. The fourth-order valence-corrected chi connectivity index (χ4v) is 3.48. The number of methoxy groups -OCH3 is 1. The van der Waals surface area contributed by atoms with Crippen LogP contribution in [0.4, 0.5) is 5.69 Å². The quantitative estimate of drug-likeness (QED) is 0.657. The number of hydrogen-bond donors (Lipinski definition) is 1. The standard InChI is InChI=1S/C19H21N5O2S/c1-12-7-5-8-13(2)17(12)24-19(21-22-23-24)27-14(3)18(25)20-15-9-6-10-16(11-15)26-4/h5-11,14H,1-4H3,(H,20,25)/t14-/m0/s1. The Kier molecular flexibility index (Phi) is 5.75. The third-order valence-electron chi connectivity index (χ3n) is 4.08. The van der Waals surface area contributed by atoms with Gasteiger partial charge in [0.15, 0.2) is 0 Å². The predicted octanol–water partition coefficient (Wildman–Crippen LogP) is 3.41. The van der Waals surface area contributed by atoms with Crippen molar-refractivity contribution < 1.29 is 9.53 Å². The number of carbonyl (C=O) groups is 1. The molecule has 2 aromatic carbocycles. The van der Waals surface area contributed by atoms with E-state index in [-0.39, 0.29) is 11.2 Å². The lowest BCUT2D eigenvalue weighted by Crippen LogP contribution is -2.23. The van der Waals surface area contributed by atoms with Gasteiger partial charge in [-0.2, -0.15) is 4.68 Å². The van der Waals surface area contributed by atoms with Crippen LogP contribution < -0.4 is 10.1 Å². The van der Waals surface area contributed by atoms with Crippen molar-refractivity contribution in [2.45, 2.75) is 31.2 Å². The van der Waals surface area contributed by atoms with E-state index < -0.39 is 0 Å². The highest BCUT2D eigenvalue weighted by atomic mass is 32.2. The number of amides is 1. The second-order valence-corrected chi connectivity index (χ2v) is 7.40. The minimum atomic E-state index is -0.384. The molecule has 0 saturated carbocycles. The smallest absolute Gasteiger partial charge is 0.237 e. The highest BCUT2D eigenvalue weighted by Gasteiger charge is 2.20. The lowest BCUT2D eigenvalue weighted by molar-refractivity contribution is -0.115. The number of anilines is 1. The van der Waals surface area contributed by atoms with Gasteiger partial charge in [0, 0.05) is 11.8 Å². The number of aromatic nitrogens is 4. The molecule has 0 unspecified atom stereocenters. The molecule has 0 fully saturated rings. The predicted molar refractivity (Wildman–Crippen MR) is 106 cm³/mol. The first-order chi connectivity index (χ1) is 13.0. The average Bonchev–Trinajstić information content (AvgIpc) is 3.09. The molecular formula is C19H21N5O2S. The van der Waals surface area contributed by atoms with Crippen LogP contribution >= 0.6 is 11.8 Å². The summed E-state index contributed by atoms with van der Waals surface area (Å²) in [4.78, 5) is 12.6. The van der Waals surface area contributed by atoms with Crippen LogP contribution in [0.1, 0.15) is 18.1 Å². The number of tetrazole rings is 1. The van der Waals surface area contributed by atoms with Gasteiger partial charge in [-0.15, -0.1) is 5.10 Å². The lowest BCUT2D eigenvalue weighted by atomic mass is 10.1. The molecule has 3 rings (SSSR count). The van der Waals surface area contributed by atoms with Crippen LogP contribution in [-0.4, -0.2) is 38.5 Å². The molecule has 0 spiro atoms. The summed E-state index contributed by atoms with van der Waals surface area (Å²) in [5, 5.41) is 15.1. The minimum absolute atomic E-state index is 0.135. The summed E-state index contributed by atoms with van der Waals surface area (Å²) in [7, 11) is 1.59. The van der Waals surface area contributed by atoms with Gasteiger partial charge in [0.1, 0.15) is 5.75 Å². The SMILES string of the molecule is COc1cccc(NC(=O)[C@H](C)Sc2nnnn2-c2c(C)cccc2C)c1. The zero-order valence-electron chi connectivity index (χ0n) is 15.6. The monoisotopic (exact) mass is 383 g/mol. The van der Waals surface area contributed by atoms with Gasteiger partial charge in [-0.05, 0) is 54.5 Å². The first kappa shape index (κ1) is 18.9. The van der Waals surface area contributed by atoms with Crippen molar-refractivity contribution in [3.05, 3.63) is 53.6 Å². The third kappa shape index (κ3) is 4.28.